The van der Waals surface area contributed by atoms with Crippen molar-refractivity contribution in [3.8, 4) is 35.0 Å². The summed E-state index contributed by atoms with van der Waals surface area (Å²) < 4.78 is 26.2. The topological polar surface area (TPSA) is 85.5 Å². The molecule has 4 rings (SSSR count). The Morgan fingerprint density at radius 2 is 1.32 bits per heavy atom. The molecule has 0 spiro atoms. The Morgan fingerprint density at radius 3 is 1.84 bits per heavy atom. The number of benzene rings is 1. The SMILES string of the molecule is COCCOc1cc(C#Cc2cc(-n3ccc(C)n3)nc(-n3ccc(C)n3)c2)c(OCCOC)cc1Br. The lowest BCUT2D eigenvalue weighted by Gasteiger charge is -2.13. The molecule has 0 saturated carbocycles. The van der Waals surface area contributed by atoms with Gasteiger partial charge in [-0.25, -0.2) is 14.3 Å². The summed E-state index contributed by atoms with van der Waals surface area (Å²) in [5, 5.41) is 9.01. The van der Waals surface area contributed by atoms with Crippen LogP contribution in [0.1, 0.15) is 22.5 Å². The Hall–Kier alpha value is -3.65. The number of hydrogen-bond donors (Lipinski definition) is 0. The number of ether oxygens (including phenoxy) is 4. The van der Waals surface area contributed by atoms with E-state index in [0.717, 1.165) is 21.4 Å². The average molecular weight is 566 g/mol. The zero-order valence-electron chi connectivity index (χ0n) is 21.2. The lowest BCUT2D eigenvalue weighted by atomic mass is 10.1. The molecule has 0 N–H and O–H groups in total. The molecule has 0 unspecified atom stereocenters. The van der Waals surface area contributed by atoms with Crippen LogP contribution in [0.3, 0.4) is 0 Å². The van der Waals surface area contributed by atoms with E-state index in [-0.39, 0.29) is 0 Å². The molecule has 10 heteroatoms. The van der Waals surface area contributed by atoms with E-state index in [2.05, 4.69) is 38.0 Å². The van der Waals surface area contributed by atoms with E-state index < -0.39 is 0 Å². The third-order valence-electron chi connectivity index (χ3n) is 5.18. The van der Waals surface area contributed by atoms with Gasteiger partial charge in [0.25, 0.3) is 0 Å². The molecule has 4 aromatic rings. The minimum Gasteiger partial charge on any atom is -0.490 e. The molecular formula is C27H28BrN5O4. The Morgan fingerprint density at radius 1 is 0.757 bits per heavy atom. The third-order valence-corrected chi connectivity index (χ3v) is 5.80. The van der Waals surface area contributed by atoms with Crippen molar-refractivity contribution < 1.29 is 18.9 Å². The van der Waals surface area contributed by atoms with Crippen molar-refractivity contribution in [1.82, 2.24) is 24.5 Å². The summed E-state index contributed by atoms with van der Waals surface area (Å²) in [4.78, 5) is 4.75. The molecular weight excluding hydrogens is 538 g/mol. The summed E-state index contributed by atoms with van der Waals surface area (Å²) in [6, 6.07) is 11.3. The van der Waals surface area contributed by atoms with Crippen molar-refractivity contribution in [2.45, 2.75) is 13.8 Å². The molecule has 0 radical (unpaired) electrons. The van der Waals surface area contributed by atoms with E-state index in [0.29, 0.717) is 55.1 Å². The third kappa shape index (κ3) is 6.98. The molecule has 3 heterocycles. The van der Waals surface area contributed by atoms with Gasteiger partial charge in [-0.15, -0.1) is 0 Å². The van der Waals surface area contributed by atoms with Crippen LogP contribution in [-0.2, 0) is 9.47 Å². The van der Waals surface area contributed by atoms with E-state index in [4.69, 9.17) is 23.9 Å². The second-order valence-corrected chi connectivity index (χ2v) is 8.94. The standard InChI is InChI=1S/C27H28BrN5O4/c1-19-7-9-32(30-19)26-15-21(16-27(29-26)33-10-8-20(2)31-33)5-6-22-17-25(37-14-12-35-4)23(28)18-24(22)36-13-11-34-3/h7-10,15-18H,11-14H2,1-4H3. The Labute approximate surface area is 224 Å². The number of halogens is 1. The largest absolute Gasteiger partial charge is 0.490 e. The first-order valence-electron chi connectivity index (χ1n) is 11.6. The molecule has 37 heavy (non-hydrogen) atoms. The number of rotatable bonds is 10. The van der Waals surface area contributed by atoms with E-state index >= 15 is 0 Å². The van der Waals surface area contributed by atoms with Crippen molar-refractivity contribution in [2.75, 3.05) is 40.6 Å². The van der Waals surface area contributed by atoms with Crippen LogP contribution >= 0.6 is 15.9 Å². The lowest BCUT2D eigenvalue weighted by molar-refractivity contribution is 0.144. The van der Waals surface area contributed by atoms with Crippen LogP contribution in [0.25, 0.3) is 11.6 Å². The van der Waals surface area contributed by atoms with Gasteiger partial charge < -0.3 is 18.9 Å². The van der Waals surface area contributed by atoms with Crippen LogP contribution in [0.4, 0.5) is 0 Å². The molecule has 0 bridgehead atoms. The highest BCUT2D eigenvalue weighted by molar-refractivity contribution is 9.10. The van der Waals surface area contributed by atoms with Gasteiger partial charge in [0.1, 0.15) is 24.7 Å². The van der Waals surface area contributed by atoms with Gasteiger partial charge in [0, 0.05) is 38.2 Å². The van der Waals surface area contributed by atoms with E-state index in [9.17, 15) is 0 Å². The van der Waals surface area contributed by atoms with Crippen molar-refractivity contribution in [3.05, 3.63) is 75.8 Å². The van der Waals surface area contributed by atoms with Crippen LogP contribution < -0.4 is 9.47 Å². The maximum atomic E-state index is 5.94. The molecule has 0 amide bonds. The van der Waals surface area contributed by atoms with Crippen molar-refractivity contribution >= 4 is 15.9 Å². The fourth-order valence-electron chi connectivity index (χ4n) is 3.37. The molecule has 0 aliphatic carbocycles. The van der Waals surface area contributed by atoms with Crippen molar-refractivity contribution in [2.24, 2.45) is 0 Å². The predicted octanol–water partition coefficient (Wildman–Crippen LogP) is 4.28. The molecule has 192 valence electrons. The highest BCUT2D eigenvalue weighted by Gasteiger charge is 2.11. The number of pyridine rings is 1. The molecule has 0 atom stereocenters. The van der Waals surface area contributed by atoms with Gasteiger partial charge in [-0.3, -0.25) is 0 Å². The minimum absolute atomic E-state index is 0.391. The van der Waals surface area contributed by atoms with Gasteiger partial charge in [0.15, 0.2) is 11.6 Å². The first-order valence-corrected chi connectivity index (χ1v) is 12.4. The van der Waals surface area contributed by atoms with Crippen molar-refractivity contribution in [3.63, 3.8) is 0 Å². The molecule has 0 aliphatic rings. The molecule has 3 aromatic heterocycles. The van der Waals surface area contributed by atoms with Crippen LogP contribution in [0.5, 0.6) is 11.5 Å². The van der Waals surface area contributed by atoms with Crippen LogP contribution in [0.2, 0.25) is 0 Å². The quantitative estimate of drug-likeness (QED) is 0.209. The Bertz CT molecular complexity index is 1360. The second kappa shape index (κ2) is 12.5. The summed E-state index contributed by atoms with van der Waals surface area (Å²) in [7, 11) is 3.27. The average Bonchev–Trinajstić information content (AvgIpc) is 3.53. The van der Waals surface area contributed by atoms with Gasteiger partial charge in [-0.2, -0.15) is 10.2 Å². The Balaban J connectivity index is 1.75. The minimum atomic E-state index is 0.391. The van der Waals surface area contributed by atoms with E-state index in [1.54, 1.807) is 23.6 Å². The van der Waals surface area contributed by atoms with Crippen molar-refractivity contribution in [1.29, 1.82) is 0 Å². The summed E-state index contributed by atoms with van der Waals surface area (Å²) in [6.07, 6.45) is 3.74. The first kappa shape index (κ1) is 26.4. The summed E-state index contributed by atoms with van der Waals surface area (Å²) >= 11 is 3.56. The number of hydrogen-bond acceptors (Lipinski definition) is 7. The molecule has 9 nitrogen and oxygen atoms in total. The highest BCUT2D eigenvalue weighted by atomic mass is 79.9. The number of methoxy groups -OCH3 is 2. The Kier molecular flexibility index (Phi) is 8.95. The van der Waals surface area contributed by atoms with Crippen LogP contribution in [0.15, 0.2) is 53.3 Å². The number of aryl methyl sites for hydroxylation is 2. The summed E-state index contributed by atoms with van der Waals surface area (Å²) in [6.45, 7) is 5.60. The fraction of sp³-hybridized carbons (Fsp3) is 0.296. The second-order valence-electron chi connectivity index (χ2n) is 8.09. The molecule has 0 fully saturated rings. The monoisotopic (exact) mass is 565 g/mol. The highest BCUT2D eigenvalue weighted by Crippen LogP contribution is 2.33. The zero-order chi connectivity index (χ0) is 26.2. The molecule has 1 aromatic carbocycles. The van der Waals surface area contributed by atoms with Gasteiger partial charge in [0.05, 0.1) is 34.6 Å². The molecule has 0 aliphatic heterocycles. The van der Waals surface area contributed by atoms with Crippen LogP contribution in [-0.4, -0.2) is 65.2 Å². The van der Waals surface area contributed by atoms with Gasteiger partial charge >= 0.3 is 0 Å². The predicted molar refractivity (Wildman–Crippen MR) is 143 cm³/mol. The van der Waals surface area contributed by atoms with E-state index in [1.807, 2.05) is 62.6 Å². The normalized spacial score (nSPS) is 10.7. The first-order chi connectivity index (χ1) is 18.0. The van der Waals surface area contributed by atoms with Gasteiger partial charge in [-0.1, -0.05) is 11.8 Å². The smallest absolute Gasteiger partial charge is 0.157 e. The summed E-state index contributed by atoms with van der Waals surface area (Å²) in [5.74, 6) is 9.05. The summed E-state index contributed by atoms with van der Waals surface area (Å²) in [5.41, 5.74) is 3.21. The number of nitrogens with zero attached hydrogens (tertiary/aromatic N) is 5. The van der Waals surface area contributed by atoms with Gasteiger partial charge in [0.2, 0.25) is 0 Å². The zero-order valence-corrected chi connectivity index (χ0v) is 22.8. The maximum Gasteiger partial charge on any atom is 0.157 e. The lowest BCUT2D eigenvalue weighted by Crippen LogP contribution is -2.07. The maximum absolute atomic E-state index is 5.94. The van der Waals surface area contributed by atoms with Crippen LogP contribution in [0, 0.1) is 25.7 Å². The van der Waals surface area contributed by atoms with E-state index in [1.165, 1.54) is 0 Å². The fourth-order valence-corrected chi connectivity index (χ4v) is 3.80. The van der Waals surface area contributed by atoms with Gasteiger partial charge in [-0.05, 0) is 60.1 Å². The molecule has 0 saturated heterocycles. The number of aromatic nitrogens is 5.